The van der Waals surface area contributed by atoms with Crippen LogP contribution in [0.3, 0.4) is 0 Å². The number of pyridine rings is 1. The van der Waals surface area contributed by atoms with E-state index in [1.54, 1.807) is 24.5 Å². The Kier molecular flexibility index (Phi) is 3.43. The predicted octanol–water partition coefficient (Wildman–Crippen LogP) is 3.09. The quantitative estimate of drug-likeness (QED) is 0.903. The Morgan fingerprint density at radius 3 is 2.50 bits per heavy atom. The van der Waals surface area contributed by atoms with Crippen molar-refractivity contribution in [2.24, 2.45) is 0 Å². The van der Waals surface area contributed by atoms with Crippen LogP contribution in [0, 0.1) is 0 Å². The van der Waals surface area contributed by atoms with E-state index in [0.29, 0.717) is 10.7 Å². The Balaban J connectivity index is 2.11. The lowest BCUT2D eigenvalue weighted by Gasteiger charge is -2.14. The number of hydrogen-bond acceptors (Lipinski definition) is 4. The lowest BCUT2D eigenvalue weighted by Crippen LogP contribution is -2.14. The van der Waals surface area contributed by atoms with Gasteiger partial charge in [-0.15, -0.1) is 11.3 Å². The molecule has 0 aromatic carbocycles. The van der Waals surface area contributed by atoms with Crippen molar-refractivity contribution in [3.8, 4) is 0 Å². The highest BCUT2D eigenvalue weighted by Gasteiger charge is 2.18. The summed E-state index contributed by atoms with van der Waals surface area (Å²) in [6, 6.07) is 3.35. The van der Waals surface area contributed by atoms with E-state index in [1.165, 1.54) is 11.3 Å². The zero-order valence-corrected chi connectivity index (χ0v) is 11.4. The van der Waals surface area contributed by atoms with Gasteiger partial charge in [0.15, 0.2) is 5.13 Å². The monoisotopic (exact) mass is 261 g/mol. The normalized spacial score (nSPS) is 11.3. The number of thiazole rings is 1. The summed E-state index contributed by atoms with van der Waals surface area (Å²) in [6.07, 6.45) is 3.19. The van der Waals surface area contributed by atoms with E-state index in [-0.39, 0.29) is 11.3 Å². The molecule has 0 aliphatic heterocycles. The van der Waals surface area contributed by atoms with E-state index in [1.807, 2.05) is 5.38 Å². The van der Waals surface area contributed by atoms with E-state index in [4.69, 9.17) is 0 Å². The molecule has 94 valence electrons. The zero-order valence-electron chi connectivity index (χ0n) is 10.6. The number of nitrogens with one attached hydrogen (secondary N) is 1. The fraction of sp³-hybridized carbons (Fsp3) is 0.308. The highest BCUT2D eigenvalue weighted by molar-refractivity contribution is 7.14. The molecule has 0 bridgehead atoms. The van der Waals surface area contributed by atoms with Gasteiger partial charge >= 0.3 is 0 Å². The van der Waals surface area contributed by atoms with E-state index in [0.717, 1.165) is 5.69 Å². The van der Waals surface area contributed by atoms with E-state index in [9.17, 15) is 4.79 Å². The van der Waals surface area contributed by atoms with Gasteiger partial charge in [-0.05, 0) is 12.1 Å². The Hall–Kier alpha value is -1.75. The molecule has 0 aliphatic carbocycles. The molecule has 2 aromatic rings. The Labute approximate surface area is 110 Å². The molecular formula is C13H15N3OS. The third kappa shape index (κ3) is 2.92. The number of nitrogens with zero attached hydrogens (tertiary/aromatic N) is 2. The lowest BCUT2D eigenvalue weighted by molar-refractivity contribution is 0.102. The molecule has 0 atom stereocenters. The molecule has 1 N–H and O–H groups in total. The summed E-state index contributed by atoms with van der Waals surface area (Å²) in [6.45, 7) is 6.28. The van der Waals surface area contributed by atoms with Gasteiger partial charge < -0.3 is 0 Å². The topological polar surface area (TPSA) is 54.9 Å². The van der Waals surface area contributed by atoms with Crippen LogP contribution in [-0.2, 0) is 5.41 Å². The third-order valence-corrected chi connectivity index (χ3v) is 3.19. The molecule has 0 saturated carbocycles. The van der Waals surface area contributed by atoms with Gasteiger partial charge in [0, 0.05) is 28.8 Å². The van der Waals surface area contributed by atoms with Gasteiger partial charge in [0.2, 0.25) is 0 Å². The van der Waals surface area contributed by atoms with E-state index in [2.05, 4.69) is 36.1 Å². The van der Waals surface area contributed by atoms with Crippen LogP contribution < -0.4 is 5.32 Å². The van der Waals surface area contributed by atoms with E-state index >= 15 is 0 Å². The minimum Gasteiger partial charge on any atom is -0.298 e. The van der Waals surface area contributed by atoms with Crippen molar-refractivity contribution in [2.45, 2.75) is 26.2 Å². The first-order valence-corrected chi connectivity index (χ1v) is 6.52. The second-order valence-electron chi connectivity index (χ2n) is 4.98. The average Bonchev–Trinajstić information content (AvgIpc) is 2.78. The minimum absolute atomic E-state index is 0.00382. The van der Waals surface area contributed by atoms with Crippen molar-refractivity contribution in [3.05, 3.63) is 41.2 Å². The average molecular weight is 261 g/mol. The molecule has 0 saturated heterocycles. The van der Waals surface area contributed by atoms with Crippen LogP contribution in [0.1, 0.15) is 36.8 Å². The van der Waals surface area contributed by atoms with Crippen LogP contribution in [0.4, 0.5) is 5.13 Å². The molecule has 0 fully saturated rings. The molecule has 2 heterocycles. The number of aromatic nitrogens is 2. The molecule has 2 rings (SSSR count). The van der Waals surface area contributed by atoms with Gasteiger partial charge in [-0.25, -0.2) is 4.98 Å². The summed E-state index contributed by atoms with van der Waals surface area (Å²) in [4.78, 5) is 20.2. The lowest BCUT2D eigenvalue weighted by atomic mass is 9.93. The fourth-order valence-electron chi connectivity index (χ4n) is 1.35. The van der Waals surface area contributed by atoms with Gasteiger partial charge in [0.25, 0.3) is 5.91 Å². The Morgan fingerprint density at radius 1 is 1.28 bits per heavy atom. The van der Waals surface area contributed by atoms with Crippen LogP contribution in [-0.4, -0.2) is 15.9 Å². The van der Waals surface area contributed by atoms with Gasteiger partial charge in [-0.3, -0.25) is 15.1 Å². The maximum Gasteiger partial charge on any atom is 0.257 e. The van der Waals surface area contributed by atoms with Crippen LogP contribution in [0.15, 0.2) is 29.9 Å². The van der Waals surface area contributed by atoms with Gasteiger partial charge in [-0.1, -0.05) is 20.8 Å². The Morgan fingerprint density at radius 2 is 1.94 bits per heavy atom. The molecule has 18 heavy (non-hydrogen) atoms. The number of carbonyl (C=O) groups excluding carboxylic acids is 1. The molecule has 1 amide bonds. The van der Waals surface area contributed by atoms with Gasteiger partial charge in [-0.2, -0.15) is 0 Å². The molecule has 5 heteroatoms. The van der Waals surface area contributed by atoms with Crippen LogP contribution >= 0.6 is 11.3 Å². The molecule has 0 aliphatic rings. The maximum atomic E-state index is 11.9. The van der Waals surface area contributed by atoms with E-state index < -0.39 is 0 Å². The van der Waals surface area contributed by atoms with Crippen molar-refractivity contribution >= 4 is 22.4 Å². The summed E-state index contributed by atoms with van der Waals surface area (Å²) < 4.78 is 0. The van der Waals surface area contributed by atoms with Crippen molar-refractivity contribution in [1.29, 1.82) is 0 Å². The fourth-order valence-corrected chi connectivity index (χ4v) is 2.28. The molecule has 4 nitrogen and oxygen atoms in total. The summed E-state index contributed by atoms with van der Waals surface area (Å²) in [5.74, 6) is -0.160. The summed E-state index contributed by atoms with van der Waals surface area (Å²) >= 11 is 1.44. The predicted molar refractivity (Wildman–Crippen MR) is 73.0 cm³/mol. The molecule has 2 aromatic heterocycles. The molecule has 0 radical (unpaired) electrons. The number of carbonyl (C=O) groups is 1. The minimum atomic E-state index is -0.160. The Bertz CT molecular complexity index is 543. The van der Waals surface area contributed by atoms with Crippen LogP contribution in [0.25, 0.3) is 0 Å². The first-order valence-electron chi connectivity index (χ1n) is 5.64. The smallest absolute Gasteiger partial charge is 0.257 e. The summed E-state index contributed by atoms with van der Waals surface area (Å²) in [7, 11) is 0. The molecular weight excluding hydrogens is 246 g/mol. The first-order chi connectivity index (χ1) is 8.47. The number of hydrogen-bond donors (Lipinski definition) is 1. The zero-order chi connectivity index (χ0) is 13.2. The first kappa shape index (κ1) is 12.7. The van der Waals surface area contributed by atoms with Crippen molar-refractivity contribution < 1.29 is 4.79 Å². The highest BCUT2D eigenvalue weighted by atomic mass is 32.1. The van der Waals surface area contributed by atoms with Crippen LogP contribution in [0.5, 0.6) is 0 Å². The highest BCUT2D eigenvalue weighted by Crippen LogP contribution is 2.26. The second-order valence-corrected chi connectivity index (χ2v) is 5.84. The van der Waals surface area contributed by atoms with Crippen molar-refractivity contribution in [3.63, 3.8) is 0 Å². The maximum absolute atomic E-state index is 11.9. The number of amides is 1. The second kappa shape index (κ2) is 4.86. The van der Waals surface area contributed by atoms with Crippen LogP contribution in [0.2, 0.25) is 0 Å². The number of anilines is 1. The standard InChI is InChI=1S/C13H15N3OS/c1-13(2,3)10-8-18-12(15-10)16-11(17)9-4-6-14-7-5-9/h4-8H,1-3H3,(H,15,16,17). The van der Waals surface area contributed by atoms with Gasteiger partial charge in [0.1, 0.15) is 0 Å². The largest absolute Gasteiger partial charge is 0.298 e. The molecule has 0 unspecified atom stereocenters. The summed E-state index contributed by atoms with van der Waals surface area (Å²) in [5.41, 5.74) is 1.56. The van der Waals surface area contributed by atoms with Crippen molar-refractivity contribution in [1.82, 2.24) is 9.97 Å². The SMILES string of the molecule is CC(C)(C)c1csc(NC(=O)c2ccncc2)n1. The summed E-state index contributed by atoms with van der Waals surface area (Å²) in [5, 5.41) is 5.39. The molecule has 0 spiro atoms. The number of rotatable bonds is 2. The van der Waals surface area contributed by atoms with Crippen molar-refractivity contribution in [2.75, 3.05) is 5.32 Å². The van der Waals surface area contributed by atoms with Gasteiger partial charge in [0.05, 0.1) is 5.69 Å². The third-order valence-electron chi connectivity index (χ3n) is 2.44.